The van der Waals surface area contributed by atoms with E-state index in [4.69, 9.17) is 4.74 Å². The van der Waals surface area contributed by atoms with Crippen LogP contribution in [-0.2, 0) is 9.53 Å². The lowest BCUT2D eigenvalue weighted by Gasteiger charge is -2.11. The molecule has 0 unspecified atom stereocenters. The minimum absolute atomic E-state index is 0.000655. The van der Waals surface area contributed by atoms with E-state index in [-0.39, 0.29) is 13.2 Å². The Morgan fingerprint density at radius 1 is 0.931 bits per heavy atom. The quantitative estimate of drug-likeness (QED) is 0.322. The van der Waals surface area contributed by atoms with Crippen molar-refractivity contribution in [1.29, 1.82) is 0 Å². The molecule has 2 N–H and O–H groups in total. The van der Waals surface area contributed by atoms with E-state index in [9.17, 15) is 15.0 Å². The van der Waals surface area contributed by atoms with Crippen molar-refractivity contribution in [2.45, 2.75) is 78.7 Å². The third-order valence-electron chi connectivity index (χ3n) is 5.06. The zero-order valence-corrected chi connectivity index (χ0v) is 18.5. The third-order valence-corrected chi connectivity index (χ3v) is 5.06. The molecule has 0 bridgehead atoms. The lowest BCUT2D eigenvalue weighted by Crippen LogP contribution is -2.13. The van der Waals surface area contributed by atoms with Gasteiger partial charge in [0.2, 0.25) is 0 Å². The molecule has 1 aliphatic heterocycles. The van der Waals surface area contributed by atoms with Crippen molar-refractivity contribution >= 4 is 5.97 Å². The van der Waals surface area contributed by atoms with Gasteiger partial charge in [0.05, 0.1) is 13.2 Å². The highest BCUT2D eigenvalue weighted by Gasteiger charge is 2.24. The predicted molar refractivity (Wildman–Crippen MR) is 119 cm³/mol. The highest BCUT2D eigenvalue weighted by Crippen LogP contribution is 2.20. The standard InChI is InChI=1S/C25H38O4/c1-19(2)8-5-9-20(3)10-6-11-21(4)12-7-13-22(17-26)14-15-24-23(18-27)16-25(28)29-24/h8,10,12,14,16,24,26-27H,5-7,9,11,13,15,17-18H2,1-4H3/t24-/m1/s1. The van der Waals surface area contributed by atoms with Crippen LogP contribution in [0.15, 0.2) is 58.2 Å². The van der Waals surface area contributed by atoms with Crippen LogP contribution in [0.4, 0.5) is 0 Å². The number of allylic oxidation sites excluding steroid dienone is 6. The zero-order chi connectivity index (χ0) is 21.6. The molecule has 1 atom stereocenters. The normalized spacial score (nSPS) is 18.0. The predicted octanol–water partition coefficient (Wildman–Crippen LogP) is 5.34. The van der Waals surface area contributed by atoms with E-state index in [1.54, 1.807) is 0 Å². The number of ether oxygens (including phenoxy) is 1. The summed E-state index contributed by atoms with van der Waals surface area (Å²) >= 11 is 0. The summed E-state index contributed by atoms with van der Waals surface area (Å²) in [6.07, 6.45) is 16.3. The Morgan fingerprint density at radius 3 is 2.07 bits per heavy atom. The maximum absolute atomic E-state index is 11.3. The van der Waals surface area contributed by atoms with Crippen LogP contribution in [-0.4, -0.2) is 35.5 Å². The molecule has 0 saturated heterocycles. The fraction of sp³-hybridized carbons (Fsp3) is 0.560. The Bertz CT molecular complexity index is 673. The lowest BCUT2D eigenvalue weighted by atomic mass is 10.0. The van der Waals surface area contributed by atoms with E-state index in [1.807, 2.05) is 6.08 Å². The maximum Gasteiger partial charge on any atom is 0.331 e. The molecular formula is C25H38O4. The van der Waals surface area contributed by atoms with Crippen molar-refractivity contribution < 1.29 is 19.7 Å². The number of rotatable bonds is 13. The van der Waals surface area contributed by atoms with Crippen molar-refractivity contribution in [2.24, 2.45) is 0 Å². The number of carbonyl (C=O) groups excluding carboxylic acids is 1. The fourth-order valence-electron chi connectivity index (χ4n) is 3.20. The van der Waals surface area contributed by atoms with Crippen LogP contribution >= 0.6 is 0 Å². The molecule has 162 valence electrons. The Hall–Kier alpha value is -1.91. The first-order valence-electron chi connectivity index (χ1n) is 10.6. The highest BCUT2D eigenvalue weighted by atomic mass is 16.5. The Morgan fingerprint density at radius 2 is 1.52 bits per heavy atom. The van der Waals surface area contributed by atoms with Crippen LogP contribution < -0.4 is 0 Å². The molecule has 0 amide bonds. The van der Waals surface area contributed by atoms with E-state index in [2.05, 4.69) is 45.9 Å². The van der Waals surface area contributed by atoms with Crippen LogP contribution in [0.25, 0.3) is 0 Å². The van der Waals surface area contributed by atoms with Gasteiger partial charge < -0.3 is 14.9 Å². The largest absolute Gasteiger partial charge is 0.454 e. The monoisotopic (exact) mass is 402 g/mol. The number of hydrogen-bond acceptors (Lipinski definition) is 4. The van der Waals surface area contributed by atoms with Gasteiger partial charge in [0.1, 0.15) is 6.10 Å². The summed E-state index contributed by atoms with van der Waals surface area (Å²) in [5.74, 6) is -0.405. The number of aliphatic hydroxyl groups is 2. The molecular weight excluding hydrogens is 364 g/mol. The van der Waals surface area contributed by atoms with Crippen molar-refractivity contribution in [2.75, 3.05) is 13.2 Å². The van der Waals surface area contributed by atoms with Gasteiger partial charge in [-0.15, -0.1) is 0 Å². The average Bonchev–Trinajstić information content (AvgIpc) is 3.03. The molecule has 29 heavy (non-hydrogen) atoms. The Balaban J connectivity index is 2.36. The Kier molecular flexibility index (Phi) is 12.2. The number of aliphatic hydroxyl groups excluding tert-OH is 2. The van der Waals surface area contributed by atoms with Gasteiger partial charge in [-0.3, -0.25) is 0 Å². The minimum atomic E-state index is -0.405. The van der Waals surface area contributed by atoms with Crippen LogP contribution in [0.5, 0.6) is 0 Å². The van der Waals surface area contributed by atoms with Crippen LogP contribution in [0, 0.1) is 0 Å². The molecule has 0 aromatic carbocycles. The first-order chi connectivity index (χ1) is 13.8. The zero-order valence-electron chi connectivity index (χ0n) is 18.5. The maximum atomic E-state index is 11.3. The van der Waals surface area contributed by atoms with Gasteiger partial charge in [-0.25, -0.2) is 4.79 Å². The summed E-state index contributed by atoms with van der Waals surface area (Å²) in [5, 5.41) is 18.8. The van der Waals surface area contributed by atoms with Gasteiger partial charge >= 0.3 is 5.97 Å². The number of cyclic esters (lactones) is 1. The second-order valence-corrected chi connectivity index (χ2v) is 8.06. The molecule has 4 heteroatoms. The fourth-order valence-corrected chi connectivity index (χ4v) is 3.20. The van der Waals surface area contributed by atoms with E-state index < -0.39 is 12.1 Å². The summed E-state index contributed by atoms with van der Waals surface area (Å²) < 4.78 is 5.16. The first-order valence-corrected chi connectivity index (χ1v) is 10.6. The van der Waals surface area contributed by atoms with Gasteiger partial charge in [0.15, 0.2) is 0 Å². The van der Waals surface area contributed by atoms with Gasteiger partial charge in [-0.05, 0) is 71.8 Å². The van der Waals surface area contributed by atoms with Crippen molar-refractivity contribution in [3.63, 3.8) is 0 Å². The first kappa shape index (κ1) is 25.1. The van der Waals surface area contributed by atoms with Gasteiger partial charge in [0, 0.05) is 18.1 Å². The Labute approximate surface area is 176 Å². The van der Waals surface area contributed by atoms with Crippen molar-refractivity contribution in [3.05, 3.63) is 58.2 Å². The van der Waals surface area contributed by atoms with Crippen LogP contribution in [0.2, 0.25) is 0 Å². The third kappa shape index (κ3) is 11.0. The average molecular weight is 403 g/mol. The van der Waals surface area contributed by atoms with E-state index in [0.717, 1.165) is 44.1 Å². The molecule has 0 aromatic heterocycles. The summed E-state index contributed by atoms with van der Waals surface area (Å²) in [4.78, 5) is 11.3. The number of esters is 1. The number of hydrogen-bond donors (Lipinski definition) is 2. The highest BCUT2D eigenvalue weighted by molar-refractivity contribution is 5.85. The SMILES string of the molecule is CC(C)=CCCC(C)=CCCC(C)=CCCC(=CC[C@H]1OC(=O)C=C1CO)CO. The molecule has 1 aliphatic rings. The van der Waals surface area contributed by atoms with Crippen molar-refractivity contribution in [3.8, 4) is 0 Å². The topological polar surface area (TPSA) is 66.8 Å². The molecule has 0 saturated carbocycles. The van der Waals surface area contributed by atoms with E-state index in [1.165, 1.54) is 22.8 Å². The number of carbonyl (C=O) groups is 1. The molecule has 1 rings (SSSR count). The second kappa shape index (κ2) is 14.1. The molecule has 0 spiro atoms. The van der Waals surface area contributed by atoms with E-state index >= 15 is 0 Å². The van der Waals surface area contributed by atoms with Crippen molar-refractivity contribution in [1.82, 2.24) is 0 Å². The molecule has 0 radical (unpaired) electrons. The molecule has 0 fully saturated rings. The van der Waals surface area contributed by atoms with Gasteiger partial charge in [0.25, 0.3) is 0 Å². The van der Waals surface area contributed by atoms with E-state index in [0.29, 0.717) is 12.0 Å². The summed E-state index contributed by atoms with van der Waals surface area (Å²) in [6, 6.07) is 0. The van der Waals surface area contributed by atoms with Crippen LogP contribution in [0.1, 0.15) is 72.6 Å². The van der Waals surface area contributed by atoms with Gasteiger partial charge in [-0.2, -0.15) is 0 Å². The minimum Gasteiger partial charge on any atom is -0.454 e. The smallest absolute Gasteiger partial charge is 0.331 e. The lowest BCUT2D eigenvalue weighted by molar-refractivity contribution is -0.138. The summed E-state index contributed by atoms with van der Waals surface area (Å²) in [6.45, 7) is 8.46. The summed E-state index contributed by atoms with van der Waals surface area (Å²) in [7, 11) is 0. The molecule has 0 aliphatic carbocycles. The molecule has 0 aromatic rings. The molecule has 1 heterocycles. The molecule has 4 nitrogen and oxygen atoms in total. The second-order valence-electron chi connectivity index (χ2n) is 8.06. The summed E-state index contributed by atoms with van der Waals surface area (Å²) in [5.41, 5.74) is 5.73. The van der Waals surface area contributed by atoms with Crippen LogP contribution in [0.3, 0.4) is 0 Å². The van der Waals surface area contributed by atoms with Gasteiger partial charge in [-0.1, -0.05) is 41.0 Å².